The molecule has 0 aliphatic carbocycles. The lowest BCUT2D eigenvalue weighted by atomic mass is 10.2. The third kappa shape index (κ3) is 9.50. The van der Waals surface area contributed by atoms with E-state index in [-0.39, 0.29) is 6.29 Å². The second-order valence-electron chi connectivity index (χ2n) is 5.45. The highest BCUT2D eigenvalue weighted by molar-refractivity contribution is 6.79. The third-order valence-corrected chi connectivity index (χ3v) is 4.66. The highest BCUT2D eigenvalue weighted by Crippen LogP contribution is 2.12. The van der Waals surface area contributed by atoms with Crippen molar-refractivity contribution in [1.82, 2.24) is 0 Å². The molecule has 0 aromatic carbocycles. The first-order valence-corrected chi connectivity index (χ1v) is 10.5. The normalized spacial score (nSPS) is 18.1. The van der Waals surface area contributed by atoms with Crippen LogP contribution in [0, 0.1) is 23.3 Å². The maximum Gasteiger partial charge on any atom is 0.267 e. The second-order valence-corrected chi connectivity index (χ2v) is 9.01. The summed E-state index contributed by atoms with van der Waals surface area (Å²) in [6.45, 7) is 9.78. The molecule has 0 radical (unpaired) electrons. The van der Waals surface area contributed by atoms with Gasteiger partial charge in [0.15, 0.2) is 6.29 Å². The fourth-order valence-electron chi connectivity index (χ4n) is 1.83. The number of ether oxygens (including phenoxy) is 2. The van der Waals surface area contributed by atoms with E-state index in [4.69, 9.17) is 13.9 Å². The fraction of sp³-hybridized carbons (Fsp3) is 0.647. The molecule has 0 amide bonds. The molecule has 0 aromatic heterocycles. The van der Waals surface area contributed by atoms with Gasteiger partial charge in [-0.1, -0.05) is 17.5 Å². The van der Waals surface area contributed by atoms with E-state index in [0.717, 1.165) is 38.9 Å². The van der Waals surface area contributed by atoms with E-state index in [0.29, 0.717) is 6.61 Å². The minimum absolute atomic E-state index is 0.0833. The maximum absolute atomic E-state index is 5.83. The summed E-state index contributed by atoms with van der Waals surface area (Å²) in [5.41, 5.74) is 3.15. The molecule has 0 aromatic rings. The van der Waals surface area contributed by atoms with Crippen LogP contribution in [0.25, 0.3) is 0 Å². The van der Waals surface area contributed by atoms with Gasteiger partial charge in [0.05, 0.1) is 0 Å². The van der Waals surface area contributed by atoms with Crippen molar-refractivity contribution >= 4 is 8.32 Å². The highest BCUT2D eigenvalue weighted by Gasteiger charge is 2.18. The van der Waals surface area contributed by atoms with E-state index in [1.165, 1.54) is 6.42 Å². The standard InChI is InChI=1S/C17H26O3Si/c1-4-5-8-15-20-21(2,3)16-11-6-9-13-18-17-12-7-10-14-19-17/h4,17H,1,5,7-8,10,12-15H2,2-3H3. The van der Waals surface area contributed by atoms with Gasteiger partial charge in [0.25, 0.3) is 8.32 Å². The Morgan fingerprint density at radius 2 is 2.19 bits per heavy atom. The molecule has 1 atom stereocenters. The van der Waals surface area contributed by atoms with Crippen LogP contribution >= 0.6 is 0 Å². The Labute approximate surface area is 130 Å². The summed E-state index contributed by atoms with van der Waals surface area (Å²) in [5, 5.41) is 0. The van der Waals surface area contributed by atoms with Crippen LogP contribution in [0.4, 0.5) is 0 Å². The van der Waals surface area contributed by atoms with Crippen molar-refractivity contribution in [1.29, 1.82) is 0 Å². The summed E-state index contributed by atoms with van der Waals surface area (Å²) in [6.07, 6.45) is 7.07. The number of allylic oxidation sites excluding steroid dienone is 1. The number of unbranched alkanes of at least 4 members (excludes halogenated alkanes) is 1. The molecule has 116 valence electrons. The van der Waals surface area contributed by atoms with Crippen LogP contribution in [0.1, 0.15) is 32.1 Å². The van der Waals surface area contributed by atoms with Crippen LogP contribution in [0.2, 0.25) is 13.1 Å². The lowest BCUT2D eigenvalue weighted by Crippen LogP contribution is -2.29. The summed E-state index contributed by atoms with van der Waals surface area (Å²) < 4.78 is 16.8. The van der Waals surface area contributed by atoms with Gasteiger partial charge in [-0.15, -0.1) is 6.58 Å². The summed E-state index contributed by atoms with van der Waals surface area (Å²) in [7, 11) is -1.91. The van der Waals surface area contributed by atoms with Crippen molar-refractivity contribution in [2.24, 2.45) is 0 Å². The summed E-state index contributed by atoms with van der Waals surface area (Å²) in [4.78, 5) is 0. The molecular formula is C17H26O3Si. The first-order valence-electron chi connectivity index (χ1n) is 7.62. The van der Waals surface area contributed by atoms with Crippen LogP contribution in [-0.4, -0.2) is 34.4 Å². The molecule has 1 aliphatic heterocycles. The quantitative estimate of drug-likeness (QED) is 0.313. The fourth-order valence-corrected chi connectivity index (χ4v) is 2.92. The van der Waals surface area contributed by atoms with Gasteiger partial charge >= 0.3 is 0 Å². The van der Waals surface area contributed by atoms with Gasteiger partial charge in [0.1, 0.15) is 6.61 Å². The average Bonchev–Trinajstić information content (AvgIpc) is 2.48. The minimum atomic E-state index is -1.91. The van der Waals surface area contributed by atoms with Gasteiger partial charge in [-0.2, -0.15) is 0 Å². The molecule has 3 nitrogen and oxygen atoms in total. The second kappa shape index (κ2) is 10.7. The molecule has 0 spiro atoms. The van der Waals surface area contributed by atoms with Crippen molar-refractivity contribution in [2.75, 3.05) is 19.8 Å². The van der Waals surface area contributed by atoms with E-state index in [1.807, 2.05) is 6.08 Å². The first kappa shape index (κ1) is 18.0. The maximum atomic E-state index is 5.83. The molecule has 0 N–H and O–H groups in total. The molecule has 1 heterocycles. The zero-order valence-electron chi connectivity index (χ0n) is 13.2. The molecule has 21 heavy (non-hydrogen) atoms. The van der Waals surface area contributed by atoms with E-state index in [9.17, 15) is 0 Å². The van der Waals surface area contributed by atoms with Crippen molar-refractivity contribution in [2.45, 2.75) is 51.5 Å². The van der Waals surface area contributed by atoms with Gasteiger partial charge in [-0.05, 0) is 57.0 Å². The number of hydrogen-bond donors (Lipinski definition) is 0. The predicted molar refractivity (Wildman–Crippen MR) is 88.0 cm³/mol. The molecule has 0 saturated carbocycles. The lowest BCUT2D eigenvalue weighted by molar-refractivity contribution is -0.154. The predicted octanol–water partition coefficient (Wildman–Crippen LogP) is 3.26. The molecule has 1 fully saturated rings. The van der Waals surface area contributed by atoms with Gasteiger partial charge in [-0.3, -0.25) is 0 Å². The van der Waals surface area contributed by atoms with E-state index in [1.54, 1.807) is 0 Å². The Kier molecular flexibility index (Phi) is 9.13. The average molecular weight is 306 g/mol. The van der Waals surface area contributed by atoms with Crippen molar-refractivity contribution in [3.63, 3.8) is 0 Å². The van der Waals surface area contributed by atoms with Gasteiger partial charge in [0.2, 0.25) is 0 Å². The van der Waals surface area contributed by atoms with Crippen LogP contribution in [-0.2, 0) is 13.9 Å². The Hall–Kier alpha value is -1.04. The zero-order valence-corrected chi connectivity index (χ0v) is 14.2. The largest absolute Gasteiger partial charge is 0.406 e. The Morgan fingerprint density at radius 3 is 2.90 bits per heavy atom. The van der Waals surface area contributed by atoms with E-state index in [2.05, 4.69) is 43.0 Å². The monoisotopic (exact) mass is 306 g/mol. The molecule has 1 rings (SSSR count). The Bertz CT molecular complexity index is 417. The number of rotatable bonds is 7. The van der Waals surface area contributed by atoms with Crippen LogP contribution < -0.4 is 0 Å². The molecular weight excluding hydrogens is 280 g/mol. The van der Waals surface area contributed by atoms with Crippen LogP contribution in [0.15, 0.2) is 12.7 Å². The van der Waals surface area contributed by atoms with Crippen LogP contribution in [0.3, 0.4) is 0 Å². The Balaban J connectivity index is 2.20. The van der Waals surface area contributed by atoms with Crippen molar-refractivity contribution in [3.8, 4) is 23.3 Å². The SMILES string of the molecule is C=CCCCO[Si](C)(C)C#CC#CCOC1CCCCO1. The van der Waals surface area contributed by atoms with E-state index < -0.39 is 8.32 Å². The molecule has 1 aliphatic rings. The smallest absolute Gasteiger partial charge is 0.267 e. The summed E-state index contributed by atoms with van der Waals surface area (Å²) in [5.74, 6) is 8.63. The number of hydrogen-bond acceptors (Lipinski definition) is 3. The zero-order chi connectivity index (χ0) is 15.4. The van der Waals surface area contributed by atoms with Crippen molar-refractivity contribution in [3.05, 3.63) is 12.7 Å². The summed E-state index contributed by atoms with van der Waals surface area (Å²) >= 11 is 0. The van der Waals surface area contributed by atoms with Gasteiger partial charge in [0, 0.05) is 13.2 Å². The molecule has 4 heteroatoms. The summed E-state index contributed by atoms with van der Waals surface area (Å²) in [6, 6.07) is 0. The molecule has 0 bridgehead atoms. The molecule has 1 saturated heterocycles. The minimum Gasteiger partial charge on any atom is -0.406 e. The molecule has 1 unspecified atom stereocenters. The van der Waals surface area contributed by atoms with E-state index >= 15 is 0 Å². The third-order valence-electron chi connectivity index (χ3n) is 3.01. The Morgan fingerprint density at radius 1 is 1.33 bits per heavy atom. The van der Waals surface area contributed by atoms with Gasteiger partial charge in [-0.25, -0.2) is 0 Å². The van der Waals surface area contributed by atoms with Crippen LogP contribution in [0.5, 0.6) is 0 Å². The lowest BCUT2D eigenvalue weighted by Gasteiger charge is -2.21. The van der Waals surface area contributed by atoms with Crippen molar-refractivity contribution < 1.29 is 13.9 Å². The topological polar surface area (TPSA) is 27.7 Å². The highest BCUT2D eigenvalue weighted by atomic mass is 28.4. The first-order chi connectivity index (χ1) is 10.1. The van der Waals surface area contributed by atoms with Gasteiger partial charge < -0.3 is 13.9 Å².